The highest BCUT2D eigenvalue weighted by Gasteiger charge is 2.14. The quantitative estimate of drug-likeness (QED) is 0.399. The van der Waals surface area contributed by atoms with E-state index in [2.05, 4.69) is 43.2 Å². The summed E-state index contributed by atoms with van der Waals surface area (Å²) in [5, 5.41) is 9.68. The van der Waals surface area contributed by atoms with Crippen LogP contribution < -0.4 is 0 Å². The van der Waals surface area contributed by atoms with Gasteiger partial charge in [-0.1, -0.05) is 42.1 Å². The summed E-state index contributed by atoms with van der Waals surface area (Å²) in [4.78, 5) is 8.70. The topological polar surface area (TPSA) is 64.7 Å². The van der Waals surface area contributed by atoms with Crippen LogP contribution in [0.4, 0.5) is 0 Å². The predicted molar refractivity (Wildman–Crippen MR) is 102 cm³/mol. The third-order valence-electron chi connectivity index (χ3n) is 3.34. The van der Waals surface area contributed by atoms with E-state index in [0.29, 0.717) is 16.9 Å². The smallest absolute Gasteiger partial charge is 0.277 e. The first-order valence-electron chi connectivity index (χ1n) is 7.37. The molecule has 0 atom stereocenters. The van der Waals surface area contributed by atoms with E-state index in [0.717, 1.165) is 25.6 Å². The average Bonchev–Trinajstić information content (AvgIpc) is 3.28. The highest BCUT2D eigenvalue weighted by molar-refractivity contribution is 9.11. The van der Waals surface area contributed by atoms with E-state index < -0.39 is 0 Å². The summed E-state index contributed by atoms with van der Waals surface area (Å²) < 4.78 is 6.72. The maximum absolute atomic E-state index is 5.70. The van der Waals surface area contributed by atoms with Gasteiger partial charge in [0.2, 0.25) is 5.89 Å². The Morgan fingerprint density at radius 3 is 2.60 bits per heavy atom. The summed E-state index contributed by atoms with van der Waals surface area (Å²) in [7, 11) is 0. The summed E-state index contributed by atoms with van der Waals surface area (Å²) in [6, 6.07) is 13.8. The molecule has 8 heteroatoms. The van der Waals surface area contributed by atoms with E-state index in [9.17, 15) is 0 Å². The molecule has 1 aromatic carbocycles. The Balaban J connectivity index is 1.47. The Hall–Kier alpha value is -2.03. The summed E-state index contributed by atoms with van der Waals surface area (Å²) in [5.74, 6) is 1.15. The minimum atomic E-state index is 0.493. The van der Waals surface area contributed by atoms with Crippen molar-refractivity contribution in [2.75, 3.05) is 0 Å². The molecule has 0 saturated carbocycles. The van der Waals surface area contributed by atoms with Crippen molar-refractivity contribution in [2.24, 2.45) is 0 Å². The van der Waals surface area contributed by atoms with Crippen LogP contribution in [0.3, 0.4) is 0 Å². The van der Waals surface area contributed by atoms with Gasteiger partial charge in [0.05, 0.1) is 9.48 Å². The average molecular weight is 431 g/mol. The van der Waals surface area contributed by atoms with Gasteiger partial charge >= 0.3 is 0 Å². The molecule has 3 aromatic heterocycles. The molecule has 0 aliphatic heterocycles. The Kier molecular flexibility index (Phi) is 4.91. The van der Waals surface area contributed by atoms with Gasteiger partial charge in [0.1, 0.15) is 5.01 Å². The van der Waals surface area contributed by atoms with E-state index in [-0.39, 0.29) is 0 Å². The minimum absolute atomic E-state index is 0.493. The SMILES string of the molecule is Brc1sc(-c2ccccc2)nc1CSc1nnc(-c2ccncc2)o1. The zero-order valence-electron chi connectivity index (χ0n) is 12.8. The van der Waals surface area contributed by atoms with Gasteiger partial charge in [0, 0.05) is 29.3 Å². The van der Waals surface area contributed by atoms with Crippen molar-refractivity contribution >= 4 is 39.0 Å². The van der Waals surface area contributed by atoms with Gasteiger partial charge in [-0.3, -0.25) is 4.98 Å². The number of hydrogen-bond acceptors (Lipinski definition) is 7. The van der Waals surface area contributed by atoms with Crippen molar-refractivity contribution in [3.8, 4) is 22.0 Å². The van der Waals surface area contributed by atoms with E-state index in [1.54, 1.807) is 23.7 Å². The maximum atomic E-state index is 5.70. The molecule has 0 amide bonds. The van der Waals surface area contributed by atoms with Gasteiger partial charge < -0.3 is 4.42 Å². The predicted octanol–water partition coefficient (Wildman–Crippen LogP) is 5.31. The molecule has 124 valence electrons. The molecule has 0 N–H and O–H groups in total. The fourth-order valence-corrected chi connectivity index (χ4v) is 4.62. The molecular formula is C17H11BrN4OS2. The molecule has 0 unspecified atom stereocenters. The Bertz CT molecular complexity index is 973. The summed E-state index contributed by atoms with van der Waals surface area (Å²) in [6.45, 7) is 0. The fraction of sp³-hybridized carbons (Fsp3) is 0.0588. The van der Waals surface area contributed by atoms with Crippen molar-refractivity contribution in [1.29, 1.82) is 0 Å². The zero-order valence-corrected chi connectivity index (χ0v) is 16.0. The van der Waals surface area contributed by atoms with Crippen molar-refractivity contribution in [3.63, 3.8) is 0 Å². The van der Waals surface area contributed by atoms with Crippen molar-refractivity contribution in [1.82, 2.24) is 20.2 Å². The second-order valence-corrected chi connectivity index (χ2v) is 8.25. The molecule has 0 aliphatic carbocycles. The maximum Gasteiger partial charge on any atom is 0.277 e. The standard InChI is InChI=1S/C17H11BrN4OS2/c18-14-13(20-16(25-14)12-4-2-1-3-5-12)10-24-17-22-21-15(23-17)11-6-8-19-9-7-11/h1-9H,10H2. The van der Waals surface area contributed by atoms with E-state index in [1.807, 2.05) is 30.3 Å². The van der Waals surface area contributed by atoms with Crippen LogP contribution in [0, 0.1) is 0 Å². The van der Waals surface area contributed by atoms with E-state index in [1.165, 1.54) is 11.8 Å². The van der Waals surface area contributed by atoms with Crippen LogP contribution in [0.5, 0.6) is 0 Å². The van der Waals surface area contributed by atoms with Crippen molar-refractivity contribution in [3.05, 3.63) is 64.3 Å². The van der Waals surface area contributed by atoms with Crippen LogP contribution in [0.1, 0.15) is 5.69 Å². The monoisotopic (exact) mass is 430 g/mol. The number of thiazole rings is 1. The molecule has 25 heavy (non-hydrogen) atoms. The highest BCUT2D eigenvalue weighted by Crippen LogP contribution is 2.35. The minimum Gasteiger partial charge on any atom is -0.411 e. The lowest BCUT2D eigenvalue weighted by Crippen LogP contribution is -1.83. The molecule has 0 aliphatic rings. The first-order chi connectivity index (χ1) is 12.3. The van der Waals surface area contributed by atoms with Gasteiger partial charge in [-0.2, -0.15) is 0 Å². The largest absolute Gasteiger partial charge is 0.411 e. The first kappa shape index (κ1) is 16.4. The van der Waals surface area contributed by atoms with Gasteiger partial charge in [-0.05, 0) is 28.1 Å². The Morgan fingerprint density at radius 2 is 1.80 bits per heavy atom. The molecule has 4 rings (SSSR count). The number of nitrogens with zero attached hydrogens (tertiary/aromatic N) is 4. The number of benzene rings is 1. The summed E-state index contributed by atoms with van der Waals surface area (Å²) in [6.07, 6.45) is 3.40. The molecule has 4 aromatic rings. The molecule has 3 heterocycles. The van der Waals surface area contributed by atoms with Crippen LogP contribution in [0.15, 0.2) is 68.3 Å². The number of aromatic nitrogens is 4. The van der Waals surface area contributed by atoms with Gasteiger partial charge in [0.15, 0.2) is 0 Å². The van der Waals surface area contributed by atoms with Gasteiger partial charge in [-0.25, -0.2) is 4.98 Å². The lowest BCUT2D eigenvalue weighted by Gasteiger charge is -1.95. The second kappa shape index (κ2) is 7.47. The molecule has 0 radical (unpaired) electrons. The van der Waals surface area contributed by atoms with Gasteiger partial charge in [-0.15, -0.1) is 21.5 Å². The molecule has 0 spiro atoms. The Labute approximate surface area is 160 Å². The molecule has 0 bridgehead atoms. The third-order valence-corrected chi connectivity index (χ3v) is 6.04. The lowest BCUT2D eigenvalue weighted by molar-refractivity contribution is 0.465. The van der Waals surface area contributed by atoms with E-state index in [4.69, 9.17) is 9.40 Å². The fourth-order valence-electron chi connectivity index (χ4n) is 2.14. The normalized spacial score (nSPS) is 10.9. The summed E-state index contributed by atoms with van der Waals surface area (Å²) in [5.41, 5.74) is 2.94. The highest BCUT2D eigenvalue weighted by atomic mass is 79.9. The summed E-state index contributed by atoms with van der Waals surface area (Å²) >= 11 is 6.69. The van der Waals surface area contributed by atoms with Crippen LogP contribution >= 0.6 is 39.0 Å². The molecule has 0 fully saturated rings. The zero-order chi connectivity index (χ0) is 17.1. The van der Waals surface area contributed by atoms with Crippen LogP contribution in [0.25, 0.3) is 22.0 Å². The van der Waals surface area contributed by atoms with Crippen LogP contribution in [0.2, 0.25) is 0 Å². The first-order valence-corrected chi connectivity index (χ1v) is 9.96. The molecule has 0 saturated heterocycles. The van der Waals surface area contributed by atoms with E-state index >= 15 is 0 Å². The Morgan fingerprint density at radius 1 is 1.00 bits per heavy atom. The number of rotatable bonds is 5. The van der Waals surface area contributed by atoms with Crippen molar-refractivity contribution in [2.45, 2.75) is 11.0 Å². The van der Waals surface area contributed by atoms with Crippen molar-refractivity contribution < 1.29 is 4.42 Å². The van der Waals surface area contributed by atoms with Crippen LogP contribution in [-0.4, -0.2) is 20.2 Å². The van der Waals surface area contributed by atoms with Crippen LogP contribution in [-0.2, 0) is 5.75 Å². The molecular weight excluding hydrogens is 420 g/mol. The third kappa shape index (κ3) is 3.81. The number of halogens is 1. The number of thioether (sulfide) groups is 1. The number of hydrogen-bond donors (Lipinski definition) is 0. The van der Waals surface area contributed by atoms with Gasteiger partial charge in [0.25, 0.3) is 5.22 Å². The lowest BCUT2D eigenvalue weighted by atomic mass is 10.2. The number of pyridine rings is 1. The second-order valence-electron chi connectivity index (χ2n) is 5.00. The molecule has 5 nitrogen and oxygen atoms in total.